The molecule has 2 aliphatic carbocycles. The summed E-state index contributed by atoms with van der Waals surface area (Å²) in [4.78, 5) is 23.3. The smallest absolute Gasteiger partial charge is 0.341 e. The maximum atomic E-state index is 12.0. The highest BCUT2D eigenvalue weighted by molar-refractivity contribution is 5.87. The Labute approximate surface area is 159 Å². The van der Waals surface area contributed by atoms with Gasteiger partial charge in [-0.3, -0.25) is 4.79 Å². The molecule has 0 saturated heterocycles. The van der Waals surface area contributed by atoms with Crippen molar-refractivity contribution in [3.8, 4) is 11.3 Å². The van der Waals surface area contributed by atoms with E-state index in [0.29, 0.717) is 6.04 Å². The summed E-state index contributed by atoms with van der Waals surface area (Å²) in [6, 6.07) is 11.9. The van der Waals surface area contributed by atoms with E-state index in [-0.39, 0.29) is 11.6 Å². The van der Waals surface area contributed by atoms with Gasteiger partial charge in [-0.15, -0.1) is 0 Å². The number of aromatic carboxylic acids is 1. The van der Waals surface area contributed by atoms with Crippen LogP contribution in [-0.4, -0.2) is 21.7 Å². The van der Waals surface area contributed by atoms with Crippen molar-refractivity contribution in [2.75, 3.05) is 0 Å². The number of benzene rings is 1. The summed E-state index contributed by atoms with van der Waals surface area (Å²) < 4.78 is 1.98. The molecule has 0 radical (unpaired) electrons. The van der Waals surface area contributed by atoms with Crippen molar-refractivity contribution in [3.05, 3.63) is 58.4 Å². The summed E-state index contributed by atoms with van der Waals surface area (Å²) >= 11 is 0. The maximum absolute atomic E-state index is 12.0. The molecule has 0 bridgehead atoms. The van der Waals surface area contributed by atoms with Crippen LogP contribution in [0, 0.1) is 0 Å². The molecule has 2 aromatic rings. The third-order valence-electron chi connectivity index (χ3n) is 5.50. The Kier molecular flexibility index (Phi) is 6.45. The van der Waals surface area contributed by atoms with Crippen LogP contribution in [0.2, 0.25) is 0 Å². The van der Waals surface area contributed by atoms with Gasteiger partial charge in [0.2, 0.25) is 0 Å². The standard InChI is InChI=1S/C17H17NO3.C5H11N/c19-16-10-15(12-6-2-1-3-7-12)18(11-14(16)17(20)21)13-8-4-5-9-13;6-5-3-1-2-4-5/h1-3,6-7,10-11,13H,4-5,8-9H2,(H,20,21);5H,1-4,6H2. The van der Waals surface area contributed by atoms with Crippen molar-refractivity contribution < 1.29 is 9.90 Å². The molecular weight excluding hydrogens is 340 g/mol. The molecule has 4 rings (SSSR count). The average Bonchev–Trinajstić information content (AvgIpc) is 3.36. The molecule has 0 aliphatic heterocycles. The number of carboxylic acids is 1. The number of nitrogens with zero attached hydrogens (tertiary/aromatic N) is 1. The van der Waals surface area contributed by atoms with E-state index < -0.39 is 11.4 Å². The van der Waals surface area contributed by atoms with Crippen LogP contribution in [0.4, 0.5) is 0 Å². The number of carboxylic acid groups (broad SMARTS) is 1. The lowest BCUT2D eigenvalue weighted by Crippen LogP contribution is -2.20. The van der Waals surface area contributed by atoms with Gasteiger partial charge >= 0.3 is 5.97 Å². The van der Waals surface area contributed by atoms with Crippen molar-refractivity contribution in [1.29, 1.82) is 0 Å². The zero-order valence-electron chi connectivity index (χ0n) is 15.6. The summed E-state index contributed by atoms with van der Waals surface area (Å²) in [5.74, 6) is -1.16. The molecule has 0 unspecified atom stereocenters. The van der Waals surface area contributed by atoms with Crippen LogP contribution in [-0.2, 0) is 0 Å². The predicted octanol–water partition coefficient (Wildman–Crippen LogP) is 4.22. The molecule has 3 N–H and O–H groups in total. The fourth-order valence-corrected chi connectivity index (χ4v) is 3.99. The second kappa shape index (κ2) is 9.00. The summed E-state index contributed by atoms with van der Waals surface area (Å²) in [5.41, 5.74) is 6.70. The highest BCUT2D eigenvalue weighted by atomic mass is 16.4. The van der Waals surface area contributed by atoms with Crippen LogP contribution < -0.4 is 11.2 Å². The molecule has 1 aromatic carbocycles. The average molecular weight is 368 g/mol. The van der Waals surface area contributed by atoms with Crippen LogP contribution in [0.15, 0.2) is 47.4 Å². The highest BCUT2D eigenvalue weighted by Gasteiger charge is 2.21. The molecule has 2 fully saturated rings. The summed E-state index contributed by atoms with van der Waals surface area (Å²) in [7, 11) is 0. The van der Waals surface area contributed by atoms with E-state index in [4.69, 9.17) is 5.73 Å². The van der Waals surface area contributed by atoms with Crippen LogP contribution in [0.5, 0.6) is 0 Å². The lowest BCUT2D eigenvalue weighted by atomic mass is 10.1. The largest absolute Gasteiger partial charge is 0.477 e. The van der Waals surface area contributed by atoms with Gasteiger partial charge < -0.3 is 15.4 Å². The Morgan fingerprint density at radius 2 is 1.59 bits per heavy atom. The summed E-state index contributed by atoms with van der Waals surface area (Å²) in [6.45, 7) is 0. The van der Waals surface area contributed by atoms with Gasteiger partial charge in [0, 0.05) is 24.3 Å². The second-order valence-electron chi connectivity index (χ2n) is 7.50. The first-order chi connectivity index (χ1) is 13.1. The van der Waals surface area contributed by atoms with Crippen molar-refractivity contribution >= 4 is 5.97 Å². The second-order valence-corrected chi connectivity index (χ2v) is 7.50. The Morgan fingerprint density at radius 1 is 1.00 bits per heavy atom. The van der Waals surface area contributed by atoms with Gasteiger partial charge in [-0.1, -0.05) is 56.0 Å². The maximum Gasteiger partial charge on any atom is 0.341 e. The van der Waals surface area contributed by atoms with Gasteiger partial charge in [-0.2, -0.15) is 0 Å². The first-order valence-electron chi connectivity index (χ1n) is 9.86. The van der Waals surface area contributed by atoms with Crippen molar-refractivity contribution in [2.45, 2.75) is 63.5 Å². The molecule has 2 aliphatic rings. The number of hydrogen-bond acceptors (Lipinski definition) is 3. The van der Waals surface area contributed by atoms with Gasteiger partial charge in [0.1, 0.15) is 5.56 Å². The SMILES string of the molecule is NC1CCCC1.O=C(O)c1cn(C2CCCC2)c(-c2ccccc2)cc1=O. The van der Waals surface area contributed by atoms with E-state index in [9.17, 15) is 14.7 Å². The topological polar surface area (TPSA) is 85.3 Å². The molecule has 144 valence electrons. The Bertz CT molecular complexity index is 817. The highest BCUT2D eigenvalue weighted by Crippen LogP contribution is 2.33. The van der Waals surface area contributed by atoms with E-state index in [1.807, 2.05) is 34.9 Å². The molecule has 0 atom stereocenters. The Balaban J connectivity index is 0.000000299. The number of aromatic nitrogens is 1. The van der Waals surface area contributed by atoms with Crippen LogP contribution >= 0.6 is 0 Å². The molecule has 0 amide bonds. The first-order valence-corrected chi connectivity index (χ1v) is 9.86. The minimum atomic E-state index is -1.16. The third kappa shape index (κ3) is 4.86. The fraction of sp³-hybridized carbons (Fsp3) is 0.455. The monoisotopic (exact) mass is 368 g/mol. The van der Waals surface area contributed by atoms with Gasteiger partial charge in [0.05, 0.1) is 5.69 Å². The zero-order valence-corrected chi connectivity index (χ0v) is 15.6. The molecule has 2 saturated carbocycles. The molecular formula is C22H28N2O3. The predicted molar refractivity (Wildman–Crippen MR) is 107 cm³/mol. The van der Waals surface area contributed by atoms with Gasteiger partial charge in [-0.25, -0.2) is 4.79 Å². The van der Waals surface area contributed by atoms with Gasteiger partial charge in [-0.05, 0) is 31.2 Å². The fourth-order valence-electron chi connectivity index (χ4n) is 3.99. The van der Waals surface area contributed by atoms with E-state index in [1.54, 1.807) is 0 Å². The lowest BCUT2D eigenvalue weighted by Gasteiger charge is -2.20. The molecule has 5 nitrogen and oxygen atoms in total. The Morgan fingerprint density at radius 3 is 2.11 bits per heavy atom. The molecule has 27 heavy (non-hydrogen) atoms. The zero-order chi connectivity index (χ0) is 19.2. The van der Waals surface area contributed by atoms with Crippen LogP contribution in [0.3, 0.4) is 0 Å². The summed E-state index contributed by atoms with van der Waals surface area (Å²) in [5, 5.41) is 9.18. The Hall–Kier alpha value is -2.40. The molecule has 1 heterocycles. The number of rotatable bonds is 3. The van der Waals surface area contributed by atoms with Gasteiger partial charge in [0.25, 0.3) is 0 Å². The van der Waals surface area contributed by atoms with Gasteiger partial charge in [0.15, 0.2) is 5.43 Å². The molecule has 1 aromatic heterocycles. The third-order valence-corrected chi connectivity index (χ3v) is 5.50. The minimum Gasteiger partial charge on any atom is -0.477 e. The number of carbonyl (C=O) groups is 1. The van der Waals surface area contributed by atoms with Crippen LogP contribution in [0.1, 0.15) is 67.8 Å². The van der Waals surface area contributed by atoms with E-state index in [2.05, 4.69) is 0 Å². The minimum absolute atomic E-state index is 0.151. The van der Waals surface area contributed by atoms with Crippen LogP contribution in [0.25, 0.3) is 11.3 Å². The molecule has 5 heteroatoms. The number of hydrogen-bond donors (Lipinski definition) is 2. The first kappa shape index (κ1) is 19.4. The normalized spacial score (nSPS) is 17.5. The van der Waals surface area contributed by atoms with Crippen molar-refractivity contribution in [2.24, 2.45) is 5.73 Å². The summed E-state index contributed by atoms with van der Waals surface area (Å²) in [6.07, 6.45) is 11.1. The van der Waals surface area contributed by atoms with E-state index in [0.717, 1.165) is 36.9 Å². The van der Waals surface area contributed by atoms with E-state index >= 15 is 0 Å². The van der Waals surface area contributed by atoms with Crippen molar-refractivity contribution in [3.63, 3.8) is 0 Å². The van der Waals surface area contributed by atoms with Crippen molar-refractivity contribution in [1.82, 2.24) is 4.57 Å². The quantitative estimate of drug-likeness (QED) is 0.849. The number of nitrogens with two attached hydrogens (primary N) is 1. The lowest BCUT2D eigenvalue weighted by molar-refractivity contribution is 0.0694. The van der Waals surface area contributed by atoms with E-state index in [1.165, 1.54) is 37.9 Å². The number of pyridine rings is 1. The molecule has 0 spiro atoms.